The summed E-state index contributed by atoms with van der Waals surface area (Å²) < 4.78 is 32.6. The van der Waals surface area contributed by atoms with E-state index in [1.807, 2.05) is 30.3 Å². The Kier molecular flexibility index (Phi) is 4.31. The van der Waals surface area contributed by atoms with Crippen LogP contribution in [0.2, 0.25) is 0 Å². The minimum absolute atomic E-state index is 0.140. The van der Waals surface area contributed by atoms with Gasteiger partial charge in [-0.2, -0.15) is 8.42 Å². The molecule has 0 spiro atoms. The second-order valence-electron chi connectivity index (χ2n) is 2.67. The first-order valence-corrected chi connectivity index (χ1v) is 5.60. The smallest absolute Gasteiger partial charge is 0.264 e. The van der Waals surface area contributed by atoms with Gasteiger partial charge in [0.1, 0.15) is 0 Å². The van der Waals surface area contributed by atoms with Crippen molar-refractivity contribution in [3.63, 3.8) is 0 Å². The molecule has 4 nitrogen and oxygen atoms in total. The topological polar surface area (TPSA) is 63.6 Å². The third kappa shape index (κ3) is 5.86. The van der Waals surface area contributed by atoms with Crippen molar-refractivity contribution in [1.82, 2.24) is 0 Å². The van der Waals surface area contributed by atoms with Crippen LogP contribution in [-0.4, -0.2) is 19.6 Å². The van der Waals surface area contributed by atoms with Gasteiger partial charge in [-0.3, -0.25) is 4.55 Å². The van der Waals surface area contributed by atoms with E-state index in [0.717, 1.165) is 5.56 Å². The van der Waals surface area contributed by atoms with Crippen molar-refractivity contribution in [2.75, 3.05) is 6.61 Å². The first kappa shape index (κ1) is 11.7. The van der Waals surface area contributed by atoms with Gasteiger partial charge in [0.15, 0.2) is 0 Å². The maximum Gasteiger partial charge on any atom is 0.397 e. The van der Waals surface area contributed by atoms with Gasteiger partial charge in [0.05, 0.1) is 6.61 Å². The summed E-state index contributed by atoms with van der Waals surface area (Å²) in [5.41, 5.74) is 0.851. The molecule has 0 atom stereocenters. The van der Waals surface area contributed by atoms with Crippen LogP contribution in [0.4, 0.5) is 0 Å². The molecule has 0 aliphatic heterocycles. The molecule has 0 fully saturated rings. The van der Waals surface area contributed by atoms with Crippen LogP contribution in [0.3, 0.4) is 0 Å². The van der Waals surface area contributed by atoms with Crippen LogP contribution in [0, 0.1) is 11.8 Å². The lowest BCUT2D eigenvalue weighted by atomic mass is 10.2. The van der Waals surface area contributed by atoms with Crippen molar-refractivity contribution in [3.8, 4) is 11.8 Å². The predicted molar refractivity (Wildman–Crippen MR) is 55.4 cm³/mol. The molecule has 0 bridgehead atoms. The summed E-state index contributed by atoms with van der Waals surface area (Å²) in [4.78, 5) is 0. The highest BCUT2D eigenvalue weighted by molar-refractivity contribution is 7.80. The van der Waals surface area contributed by atoms with Gasteiger partial charge in [0.2, 0.25) is 0 Å². The molecule has 0 aromatic heterocycles. The summed E-state index contributed by atoms with van der Waals surface area (Å²) in [7, 11) is -4.34. The molecule has 0 aliphatic carbocycles. The quantitative estimate of drug-likeness (QED) is 0.478. The van der Waals surface area contributed by atoms with Gasteiger partial charge >= 0.3 is 10.4 Å². The average Bonchev–Trinajstić information content (AvgIpc) is 2.17. The van der Waals surface area contributed by atoms with E-state index in [-0.39, 0.29) is 13.0 Å². The van der Waals surface area contributed by atoms with Crippen LogP contribution in [0.15, 0.2) is 30.3 Å². The highest BCUT2D eigenvalue weighted by Gasteiger charge is 2.01. The van der Waals surface area contributed by atoms with Gasteiger partial charge in [-0.1, -0.05) is 30.0 Å². The van der Waals surface area contributed by atoms with E-state index in [2.05, 4.69) is 16.0 Å². The van der Waals surface area contributed by atoms with Crippen molar-refractivity contribution < 1.29 is 17.2 Å². The summed E-state index contributed by atoms with van der Waals surface area (Å²) in [6, 6.07) is 9.29. The standard InChI is InChI=1S/C10H10O4S/c11-15(12,13)14-9-5-4-8-10-6-2-1-3-7-10/h1-3,6-7H,5,9H2,(H,11,12,13). The van der Waals surface area contributed by atoms with Crippen molar-refractivity contribution >= 4 is 10.4 Å². The largest absolute Gasteiger partial charge is 0.397 e. The van der Waals surface area contributed by atoms with E-state index in [1.165, 1.54) is 0 Å². The van der Waals surface area contributed by atoms with Crippen molar-refractivity contribution in [2.24, 2.45) is 0 Å². The Morgan fingerprint density at radius 3 is 2.53 bits per heavy atom. The Morgan fingerprint density at radius 1 is 1.27 bits per heavy atom. The van der Waals surface area contributed by atoms with E-state index >= 15 is 0 Å². The summed E-state index contributed by atoms with van der Waals surface area (Å²) >= 11 is 0. The Hall–Kier alpha value is -1.35. The molecular formula is C10H10O4S. The highest BCUT2D eigenvalue weighted by atomic mass is 32.3. The van der Waals surface area contributed by atoms with Crippen LogP contribution in [0.1, 0.15) is 12.0 Å². The van der Waals surface area contributed by atoms with Crippen LogP contribution < -0.4 is 0 Å². The minimum atomic E-state index is -4.34. The van der Waals surface area contributed by atoms with E-state index in [0.29, 0.717) is 0 Å². The SMILES string of the molecule is O=S(=O)(O)OCCC#Cc1ccccc1. The van der Waals surface area contributed by atoms with Crippen molar-refractivity contribution in [2.45, 2.75) is 6.42 Å². The van der Waals surface area contributed by atoms with Gasteiger partial charge in [-0.05, 0) is 12.1 Å². The molecule has 0 radical (unpaired) electrons. The Balaban J connectivity index is 2.36. The molecule has 0 aliphatic rings. The van der Waals surface area contributed by atoms with Gasteiger partial charge in [0, 0.05) is 12.0 Å². The third-order valence-corrected chi connectivity index (χ3v) is 1.93. The summed E-state index contributed by atoms with van der Waals surface area (Å²) in [5.74, 6) is 5.55. The van der Waals surface area contributed by atoms with E-state index in [4.69, 9.17) is 4.55 Å². The molecule has 15 heavy (non-hydrogen) atoms. The van der Waals surface area contributed by atoms with Crippen molar-refractivity contribution in [1.29, 1.82) is 0 Å². The number of hydrogen-bond donors (Lipinski definition) is 1. The molecule has 0 amide bonds. The van der Waals surface area contributed by atoms with Gasteiger partial charge in [-0.25, -0.2) is 4.18 Å². The summed E-state index contributed by atoms with van der Waals surface area (Å²) in [5, 5.41) is 0. The van der Waals surface area contributed by atoms with Crippen LogP contribution in [0.5, 0.6) is 0 Å². The summed E-state index contributed by atoms with van der Waals surface area (Å²) in [6.07, 6.45) is 0.245. The van der Waals surface area contributed by atoms with Gasteiger partial charge in [0.25, 0.3) is 0 Å². The maximum absolute atomic E-state index is 10.1. The monoisotopic (exact) mass is 226 g/mol. The van der Waals surface area contributed by atoms with Crippen LogP contribution in [-0.2, 0) is 14.6 Å². The maximum atomic E-state index is 10.1. The number of rotatable bonds is 3. The Morgan fingerprint density at radius 2 is 1.93 bits per heavy atom. The van der Waals surface area contributed by atoms with Crippen molar-refractivity contribution in [3.05, 3.63) is 35.9 Å². The summed E-state index contributed by atoms with van der Waals surface area (Å²) in [6.45, 7) is -0.140. The molecule has 0 saturated heterocycles. The molecule has 1 aromatic carbocycles. The second kappa shape index (κ2) is 5.51. The molecule has 1 rings (SSSR count). The first-order chi connectivity index (χ1) is 7.08. The van der Waals surface area contributed by atoms with Crippen LogP contribution >= 0.6 is 0 Å². The molecule has 1 aromatic rings. The van der Waals surface area contributed by atoms with Gasteiger partial charge < -0.3 is 0 Å². The molecule has 0 saturated carbocycles. The lowest BCUT2D eigenvalue weighted by Gasteiger charge is -1.93. The Labute approximate surface area is 88.8 Å². The second-order valence-corrected chi connectivity index (χ2v) is 3.76. The van der Waals surface area contributed by atoms with E-state index < -0.39 is 10.4 Å². The highest BCUT2D eigenvalue weighted by Crippen LogP contribution is 1.95. The fourth-order valence-corrected chi connectivity index (χ4v) is 1.18. The molecule has 0 heterocycles. The zero-order valence-corrected chi connectivity index (χ0v) is 8.70. The first-order valence-electron chi connectivity index (χ1n) is 4.24. The lowest BCUT2D eigenvalue weighted by Crippen LogP contribution is -2.03. The third-order valence-electron chi connectivity index (χ3n) is 1.47. The van der Waals surface area contributed by atoms with E-state index in [9.17, 15) is 8.42 Å². The van der Waals surface area contributed by atoms with Crippen LogP contribution in [0.25, 0.3) is 0 Å². The van der Waals surface area contributed by atoms with E-state index in [1.54, 1.807) is 0 Å². The average molecular weight is 226 g/mol. The molecular weight excluding hydrogens is 216 g/mol. The zero-order valence-electron chi connectivity index (χ0n) is 7.88. The lowest BCUT2D eigenvalue weighted by molar-refractivity contribution is 0.275. The zero-order chi connectivity index (χ0) is 11.1. The fourth-order valence-electron chi connectivity index (χ4n) is 0.884. The molecule has 0 unspecified atom stereocenters. The minimum Gasteiger partial charge on any atom is -0.264 e. The number of benzene rings is 1. The number of hydrogen-bond acceptors (Lipinski definition) is 3. The molecule has 80 valence electrons. The Bertz CT molecular complexity index is 453. The fraction of sp³-hybridized carbons (Fsp3) is 0.200. The molecule has 1 N–H and O–H groups in total. The predicted octanol–water partition coefficient (Wildman–Crippen LogP) is 1.25. The van der Waals surface area contributed by atoms with Gasteiger partial charge in [-0.15, -0.1) is 0 Å². The normalized spacial score (nSPS) is 10.5. The molecule has 5 heteroatoms.